The molecule has 0 atom stereocenters. The van der Waals surface area contributed by atoms with Gasteiger partial charge in [0, 0.05) is 18.9 Å². The highest BCUT2D eigenvalue weighted by atomic mass is 19.1. The van der Waals surface area contributed by atoms with Crippen LogP contribution in [0.2, 0.25) is 0 Å². The zero-order chi connectivity index (χ0) is 20.7. The number of pyridine rings is 2. The molecule has 9 nitrogen and oxygen atoms in total. The number of hydrogen-bond acceptors (Lipinski definition) is 6. The molecule has 0 saturated heterocycles. The maximum atomic E-state index is 13.0. The molecule has 0 bridgehead atoms. The molecule has 0 spiro atoms. The lowest BCUT2D eigenvalue weighted by Gasteiger charge is -2.04. The molecule has 0 aromatic carbocycles. The summed E-state index contributed by atoms with van der Waals surface area (Å²) in [5.41, 5.74) is 0.805. The van der Waals surface area contributed by atoms with Crippen molar-refractivity contribution >= 4 is 17.3 Å². The summed E-state index contributed by atoms with van der Waals surface area (Å²) < 4.78 is 14.2. The first-order valence-electron chi connectivity index (χ1n) is 8.22. The van der Waals surface area contributed by atoms with E-state index >= 15 is 0 Å². The smallest absolute Gasteiger partial charge is 0.328 e. The number of nitriles is 1. The van der Waals surface area contributed by atoms with Crippen LogP contribution in [-0.4, -0.2) is 25.9 Å². The third-order valence-corrected chi connectivity index (χ3v) is 3.80. The maximum absolute atomic E-state index is 13.0. The second-order valence-electron chi connectivity index (χ2n) is 5.56. The van der Waals surface area contributed by atoms with Gasteiger partial charge in [0.2, 0.25) is 6.41 Å². The molecule has 0 fully saturated rings. The quantitative estimate of drug-likeness (QED) is 0.638. The van der Waals surface area contributed by atoms with E-state index < -0.39 is 5.82 Å². The van der Waals surface area contributed by atoms with Gasteiger partial charge in [-0.25, -0.2) is 9.18 Å². The summed E-state index contributed by atoms with van der Waals surface area (Å²) in [6.07, 6.45) is 3.29. The molecule has 2 N–H and O–H groups in total. The highest BCUT2D eigenvalue weighted by Gasteiger charge is 2.08. The summed E-state index contributed by atoms with van der Waals surface area (Å²) in [4.78, 5) is 43.7. The molecule has 10 heteroatoms. The van der Waals surface area contributed by atoms with Gasteiger partial charge in [-0.05, 0) is 26.0 Å². The lowest BCUT2D eigenvalue weighted by atomic mass is 10.2. The Morgan fingerprint density at radius 1 is 1.39 bits per heavy atom. The molecule has 3 rings (SSSR count). The first-order valence-corrected chi connectivity index (χ1v) is 8.22. The standard InChI is InChI=1S/C10H11N3O2.C8H6FN3O/c1-3-13-9(14)8-6(2)11-5-4-7(8)12-10(13)15;9-7-1-6(2-10)3-12-8(7)4-11-5-13/h4-5H,3H2,1-2H3,(H,12,15);1,3,5H,4H2,(H,11,13). The Morgan fingerprint density at radius 2 is 2.14 bits per heavy atom. The van der Waals surface area contributed by atoms with Gasteiger partial charge >= 0.3 is 5.69 Å². The third kappa shape index (κ3) is 4.45. The zero-order valence-corrected chi connectivity index (χ0v) is 15.2. The molecule has 0 radical (unpaired) electrons. The molecule has 3 aromatic heterocycles. The summed E-state index contributed by atoms with van der Waals surface area (Å²) in [7, 11) is 0. The molecule has 1 amide bonds. The number of aromatic amines is 1. The number of aryl methyl sites for hydroxylation is 1. The van der Waals surface area contributed by atoms with Crippen LogP contribution in [0.25, 0.3) is 10.9 Å². The van der Waals surface area contributed by atoms with Gasteiger partial charge in [-0.1, -0.05) is 0 Å². The summed E-state index contributed by atoms with van der Waals surface area (Å²) in [6.45, 7) is 3.90. The number of rotatable bonds is 4. The minimum Gasteiger partial charge on any atom is -0.353 e. The minimum atomic E-state index is -0.589. The van der Waals surface area contributed by atoms with E-state index in [1.807, 2.05) is 0 Å². The van der Waals surface area contributed by atoms with E-state index in [2.05, 4.69) is 20.3 Å². The lowest BCUT2D eigenvalue weighted by Crippen LogP contribution is -2.34. The summed E-state index contributed by atoms with van der Waals surface area (Å²) in [6, 6.07) is 4.47. The van der Waals surface area contributed by atoms with Crippen LogP contribution in [0.1, 0.15) is 23.9 Å². The average Bonchev–Trinajstić information content (AvgIpc) is 2.67. The Hall–Kier alpha value is -3.87. The van der Waals surface area contributed by atoms with Crippen LogP contribution >= 0.6 is 0 Å². The first-order chi connectivity index (χ1) is 13.4. The van der Waals surface area contributed by atoms with Crippen molar-refractivity contribution in [2.45, 2.75) is 26.9 Å². The molecule has 0 aliphatic carbocycles. The Kier molecular flexibility index (Phi) is 6.70. The van der Waals surface area contributed by atoms with Crippen LogP contribution in [-0.2, 0) is 17.9 Å². The van der Waals surface area contributed by atoms with E-state index in [-0.39, 0.29) is 29.1 Å². The number of carbonyl (C=O) groups excluding carboxylic acids is 1. The zero-order valence-electron chi connectivity index (χ0n) is 15.2. The van der Waals surface area contributed by atoms with Crippen molar-refractivity contribution in [2.75, 3.05) is 0 Å². The number of nitrogens with zero attached hydrogens (tertiary/aromatic N) is 4. The number of halogens is 1. The first kappa shape index (κ1) is 20.4. The van der Waals surface area contributed by atoms with E-state index in [1.165, 1.54) is 6.20 Å². The van der Waals surface area contributed by atoms with Gasteiger partial charge in [0.1, 0.15) is 11.9 Å². The van der Waals surface area contributed by atoms with Gasteiger partial charge in [-0.15, -0.1) is 0 Å². The predicted molar refractivity (Wildman–Crippen MR) is 98.8 cm³/mol. The number of H-pyrrole nitrogens is 1. The van der Waals surface area contributed by atoms with Gasteiger partial charge in [-0.3, -0.25) is 24.1 Å². The van der Waals surface area contributed by atoms with Crippen LogP contribution in [0.4, 0.5) is 4.39 Å². The number of carbonyl (C=O) groups is 1. The molecule has 3 aromatic rings. The summed E-state index contributed by atoms with van der Waals surface area (Å²) in [5.74, 6) is -0.589. The van der Waals surface area contributed by atoms with Crippen molar-refractivity contribution in [1.29, 1.82) is 5.26 Å². The fourth-order valence-electron chi connectivity index (χ4n) is 2.43. The van der Waals surface area contributed by atoms with Crippen LogP contribution in [0.3, 0.4) is 0 Å². The van der Waals surface area contributed by atoms with Crippen molar-refractivity contribution in [3.05, 3.63) is 68.1 Å². The number of aromatic nitrogens is 4. The normalized spacial score (nSPS) is 9.93. The largest absolute Gasteiger partial charge is 0.353 e. The van der Waals surface area contributed by atoms with Gasteiger partial charge in [0.05, 0.1) is 34.4 Å². The monoisotopic (exact) mass is 384 g/mol. The van der Waals surface area contributed by atoms with Crippen LogP contribution in [0.5, 0.6) is 0 Å². The number of nitrogens with one attached hydrogen (secondary N) is 2. The van der Waals surface area contributed by atoms with Crippen molar-refractivity contribution in [2.24, 2.45) is 0 Å². The van der Waals surface area contributed by atoms with Gasteiger partial charge in [0.15, 0.2) is 0 Å². The fourth-order valence-corrected chi connectivity index (χ4v) is 2.43. The molecule has 0 aliphatic rings. The number of hydrogen-bond donors (Lipinski definition) is 2. The number of fused-ring (bicyclic) bond motifs is 1. The molecule has 0 saturated carbocycles. The van der Waals surface area contributed by atoms with Crippen molar-refractivity contribution < 1.29 is 9.18 Å². The highest BCUT2D eigenvalue weighted by molar-refractivity contribution is 5.79. The SMILES string of the molecule is CCn1c(=O)[nH]c2ccnc(C)c2c1=O.N#Cc1cnc(CNC=O)c(F)c1. The predicted octanol–water partition coefficient (Wildman–Crippen LogP) is 0.751. The molecule has 28 heavy (non-hydrogen) atoms. The molecule has 0 unspecified atom stereocenters. The van der Waals surface area contributed by atoms with E-state index in [1.54, 1.807) is 32.2 Å². The second-order valence-corrected chi connectivity index (χ2v) is 5.56. The van der Waals surface area contributed by atoms with Crippen molar-refractivity contribution in [3.63, 3.8) is 0 Å². The fraction of sp³-hybridized carbons (Fsp3) is 0.222. The molecular weight excluding hydrogens is 367 g/mol. The Morgan fingerprint density at radius 3 is 2.75 bits per heavy atom. The van der Waals surface area contributed by atoms with Crippen molar-refractivity contribution in [1.82, 2.24) is 24.8 Å². The van der Waals surface area contributed by atoms with Crippen LogP contribution in [0, 0.1) is 24.1 Å². The van der Waals surface area contributed by atoms with Gasteiger partial charge in [-0.2, -0.15) is 5.26 Å². The van der Waals surface area contributed by atoms with E-state index in [0.717, 1.165) is 10.6 Å². The third-order valence-electron chi connectivity index (χ3n) is 3.80. The van der Waals surface area contributed by atoms with E-state index in [4.69, 9.17) is 5.26 Å². The Balaban J connectivity index is 0.000000203. The van der Waals surface area contributed by atoms with Gasteiger partial charge in [0.25, 0.3) is 5.56 Å². The maximum Gasteiger partial charge on any atom is 0.328 e. The lowest BCUT2D eigenvalue weighted by molar-refractivity contribution is -0.109. The topological polar surface area (TPSA) is 134 Å². The summed E-state index contributed by atoms with van der Waals surface area (Å²) >= 11 is 0. The summed E-state index contributed by atoms with van der Waals surface area (Å²) in [5, 5.41) is 11.2. The molecule has 0 aliphatic heterocycles. The minimum absolute atomic E-state index is 0.0288. The van der Waals surface area contributed by atoms with E-state index in [9.17, 15) is 18.8 Å². The van der Waals surface area contributed by atoms with Crippen LogP contribution in [0.15, 0.2) is 34.1 Å². The average molecular weight is 384 g/mol. The second kappa shape index (κ2) is 9.18. The Bertz CT molecular complexity index is 1160. The highest BCUT2D eigenvalue weighted by Crippen LogP contribution is 2.07. The van der Waals surface area contributed by atoms with Crippen molar-refractivity contribution in [3.8, 4) is 6.07 Å². The Labute approximate surface area is 158 Å². The molecular formula is C18H17FN6O3. The molecule has 144 valence electrons. The number of amides is 1. The van der Waals surface area contributed by atoms with Crippen LogP contribution < -0.4 is 16.6 Å². The molecule has 3 heterocycles. The van der Waals surface area contributed by atoms with Gasteiger partial charge < -0.3 is 10.3 Å². The van der Waals surface area contributed by atoms with E-state index in [0.29, 0.717) is 29.6 Å².